The maximum Gasteiger partial charge on any atom is 0.283 e. The smallest absolute Gasteiger partial charge is 0.283 e. The Morgan fingerprint density at radius 2 is 1.75 bits per heavy atom. The maximum absolute atomic E-state index is 12.9. The van der Waals surface area contributed by atoms with Crippen LogP contribution in [-0.4, -0.2) is 65.4 Å². The molecule has 0 bridgehead atoms. The summed E-state index contributed by atoms with van der Waals surface area (Å²) < 4.78 is 23.5. The van der Waals surface area contributed by atoms with Crippen molar-refractivity contribution in [1.29, 1.82) is 0 Å². The van der Waals surface area contributed by atoms with E-state index in [2.05, 4.69) is 31.3 Å². The summed E-state index contributed by atoms with van der Waals surface area (Å²) in [5.74, 6) is 1.69. The van der Waals surface area contributed by atoms with Gasteiger partial charge in [-0.25, -0.2) is 9.67 Å². The van der Waals surface area contributed by atoms with Gasteiger partial charge >= 0.3 is 0 Å². The van der Waals surface area contributed by atoms with Gasteiger partial charge in [0, 0.05) is 29.6 Å². The standard InChI is InChI=1S/C24H27N7O5/c1-33-20-6-5-14(7-18(20)29-24(32)17(25)8-15-11-26-13-27-15)19-12-28-30-31(19)16-9-21(34-2)23(36-4)22(10-16)35-3/h5-7,9-13,17H,8,25H2,1-4H3,(H,26,27)(H,29,32)/p+1. The van der Waals surface area contributed by atoms with Gasteiger partial charge in [-0.15, -0.1) is 5.10 Å². The SMILES string of the molecule is COc1ccc(-c2cnnn2-c2cc(OC)c(OC)c(OC)c2)cc1NC(=O)C([NH3+])Cc1cnc[nH]1. The van der Waals surface area contributed by atoms with Crippen LogP contribution in [0.25, 0.3) is 16.9 Å². The molecule has 0 aliphatic heterocycles. The number of hydrogen-bond acceptors (Lipinski definition) is 8. The quantitative estimate of drug-likeness (QED) is 0.300. The zero-order chi connectivity index (χ0) is 25.7. The largest absolute Gasteiger partial charge is 0.495 e. The van der Waals surface area contributed by atoms with Crippen molar-refractivity contribution in [2.24, 2.45) is 0 Å². The van der Waals surface area contributed by atoms with Crippen molar-refractivity contribution < 1.29 is 29.5 Å². The van der Waals surface area contributed by atoms with E-state index in [4.69, 9.17) is 18.9 Å². The number of methoxy groups -OCH3 is 4. The van der Waals surface area contributed by atoms with Crippen molar-refractivity contribution in [2.45, 2.75) is 12.5 Å². The fourth-order valence-electron chi connectivity index (χ4n) is 3.77. The Morgan fingerprint density at radius 3 is 2.36 bits per heavy atom. The number of benzene rings is 2. The molecular weight excluding hydrogens is 466 g/mol. The topological polar surface area (TPSA) is 153 Å². The highest BCUT2D eigenvalue weighted by atomic mass is 16.5. The Bertz CT molecular complexity index is 1310. The first-order valence-electron chi connectivity index (χ1n) is 11.0. The molecule has 36 heavy (non-hydrogen) atoms. The Kier molecular flexibility index (Phi) is 7.35. The maximum atomic E-state index is 12.9. The second-order valence-electron chi connectivity index (χ2n) is 7.80. The van der Waals surface area contributed by atoms with Crippen molar-refractivity contribution >= 4 is 11.6 Å². The molecule has 2 aromatic carbocycles. The highest BCUT2D eigenvalue weighted by Crippen LogP contribution is 2.40. The number of quaternary nitrogens is 1. The van der Waals surface area contributed by atoms with E-state index in [-0.39, 0.29) is 5.91 Å². The van der Waals surface area contributed by atoms with Gasteiger partial charge in [-0.3, -0.25) is 4.79 Å². The van der Waals surface area contributed by atoms with Crippen molar-refractivity contribution in [3.05, 3.63) is 54.7 Å². The summed E-state index contributed by atoms with van der Waals surface area (Å²) in [5.41, 5.74) is 7.37. The first kappa shape index (κ1) is 24.5. The number of carbonyl (C=O) groups is 1. The van der Waals surface area contributed by atoms with Gasteiger partial charge < -0.3 is 35.0 Å². The minimum absolute atomic E-state index is 0.253. The van der Waals surface area contributed by atoms with Gasteiger partial charge in [0.2, 0.25) is 5.75 Å². The van der Waals surface area contributed by atoms with E-state index in [1.807, 2.05) is 6.07 Å². The monoisotopic (exact) mass is 494 g/mol. The molecule has 4 rings (SSSR count). The van der Waals surface area contributed by atoms with Crippen molar-refractivity contribution in [3.8, 4) is 39.9 Å². The highest BCUT2D eigenvalue weighted by molar-refractivity contribution is 5.96. The Labute approximate surface area is 207 Å². The molecule has 0 aliphatic rings. The molecule has 2 aromatic heterocycles. The van der Waals surface area contributed by atoms with Gasteiger partial charge in [0.15, 0.2) is 17.5 Å². The third-order valence-electron chi connectivity index (χ3n) is 5.59. The number of carbonyl (C=O) groups excluding carboxylic acids is 1. The van der Waals surface area contributed by atoms with E-state index in [9.17, 15) is 4.79 Å². The van der Waals surface area contributed by atoms with E-state index in [0.29, 0.717) is 46.5 Å². The second-order valence-corrected chi connectivity index (χ2v) is 7.80. The highest BCUT2D eigenvalue weighted by Gasteiger charge is 2.22. The molecule has 0 saturated carbocycles. The molecule has 12 nitrogen and oxygen atoms in total. The van der Waals surface area contributed by atoms with Crippen LogP contribution in [-0.2, 0) is 11.2 Å². The van der Waals surface area contributed by atoms with Crippen LogP contribution in [0.3, 0.4) is 0 Å². The number of rotatable bonds is 10. The first-order valence-corrected chi connectivity index (χ1v) is 11.0. The molecule has 0 radical (unpaired) electrons. The molecular formula is C24H28N7O5+. The van der Waals surface area contributed by atoms with Gasteiger partial charge in [-0.05, 0) is 18.2 Å². The molecule has 2 heterocycles. The fraction of sp³-hybridized carbons (Fsp3) is 0.250. The fourth-order valence-corrected chi connectivity index (χ4v) is 3.77. The number of imidazole rings is 1. The lowest BCUT2D eigenvalue weighted by Crippen LogP contribution is -2.67. The molecule has 0 saturated heterocycles. The number of anilines is 1. The van der Waals surface area contributed by atoms with Gasteiger partial charge in [0.25, 0.3) is 5.91 Å². The lowest BCUT2D eigenvalue weighted by molar-refractivity contribution is -0.402. The van der Waals surface area contributed by atoms with Crippen molar-refractivity contribution in [3.63, 3.8) is 0 Å². The molecule has 1 amide bonds. The molecule has 1 atom stereocenters. The predicted octanol–water partition coefficient (Wildman–Crippen LogP) is 1.48. The number of aromatic nitrogens is 5. The van der Waals surface area contributed by atoms with E-state index >= 15 is 0 Å². The van der Waals surface area contributed by atoms with Gasteiger partial charge in [-0.1, -0.05) is 5.21 Å². The average molecular weight is 495 g/mol. The van der Waals surface area contributed by atoms with E-state index in [1.54, 1.807) is 76.1 Å². The Balaban J connectivity index is 1.67. The minimum atomic E-state index is -0.537. The third kappa shape index (κ3) is 4.93. The van der Waals surface area contributed by atoms with Crippen LogP contribution in [0.1, 0.15) is 5.69 Å². The molecule has 0 aliphatic carbocycles. The Hall–Kier alpha value is -4.58. The van der Waals surface area contributed by atoms with E-state index < -0.39 is 6.04 Å². The second kappa shape index (κ2) is 10.8. The molecule has 188 valence electrons. The van der Waals surface area contributed by atoms with E-state index in [0.717, 1.165) is 11.3 Å². The van der Waals surface area contributed by atoms with Gasteiger partial charge in [0.05, 0.1) is 64.5 Å². The number of H-pyrrole nitrogens is 1. The molecule has 4 aromatic rings. The van der Waals surface area contributed by atoms with Crippen LogP contribution < -0.4 is 30.0 Å². The van der Waals surface area contributed by atoms with Crippen LogP contribution in [0.15, 0.2) is 49.1 Å². The zero-order valence-electron chi connectivity index (χ0n) is 20.4. The Morgan fingerprint density at radius 1 is 1.03 bits per heavy atom. The van der Waals surface area contributed by atoms with E-state index in [1.165, 1.54) is 0 Å². The number of hydrogen-bond donors (Lipinski definition) is 3. The van der Waals surface area contributed by atoms with Crippen LogP contribution in [0, 0.1) is 0 Å². The van der Waals surface area contributed by atoms with Crippen molar-refractivity contribution in [1.82, 2.24) is 25.0 Å². The number of aromatic amines is 1. The first-order chi connectivity index (χ1) is 17.5. The lowest BCUT2D eigenvalue weighted by atomic mass is 10.1. The number of nitrogens with one attached hydrogen (secondary N) is 2. The minimum Gasteiger partial charge on any atom is -0.495 e. The van der Waals surface area contributed by atoms with Crippen LogP contribution in [0.4, 0.5) is 5.69 Å². The lowest BCUT2D eigenvalue weighted by Gasteiger charge is -2.16. The number of ether oxygens (including phenoxy) is 4. The van der Waals surface area contributed by atoms with Crippen molar-refractivity contribution in [2.75, 3.05) is 33.8 Å². The summed E-state index contributed by atoms with van der Waals surface area (Å²) in [7, 11) is 6.17. The van der Waals surface area contributed by atoms with Crippen LogP contribution in [0.5, 0.6) is 23.0 Å². The molecule has 0 fully saturated rings. The summed E-state index contributed by atoms with van der Waals surface area (Å²) in [6, 6.07) is 8.43. The van der Waals surface area contributed by atoms with Gasteiger partial charge in [-0.2, -0.15) is 0 Å². The normalized spacial score (nSPS) is 11.6. The van der Waals surface area contributed by atoms with Crippen LogP contribution >= 0.6 is 0 Å². The predicted molar refractivity (Wildman–Crippen MR) is 131 cm³/mol. The number of nitrogens with zero attached hydrogens (tertiary/aromatic N) is 4. The van der Waals surface area contributed by atoms with Crippen LogP contribution in [0.2, 0.25) is 0 Å². The molecule has 1 unspecified atom stereocenters. The third-order valence-corrected chi connectivity index (χ3v) is 5.59. The molecule has 0 spiro atoms. The zero-order valence-corrected chi connectivity index (χ0v) is 20.4. The molecule has 12 heteroatoms. The number of amides is 1. The summed E-state index contributed by atoms with van der Waals surface area (Å²) in [6.07, 6.45) is 5.28. The summed E-state index contributed by atoms with van der Waals surface area (Å²) >= 11 is 0. The molecule has 5 N–H and O–H groups in total. The summed E-state index contributed by atoms with van der Waals surface area (Å²) in [6.45, 7) is 0. The summed E-state index contributed by atoms with van der Waals surface area (Å²) in [4.78, 5) is 19.8. The average Bonchev–Trinajstić information content (AvgIpc) is 3.60. The van der Waals surface area contributed by atoms with Gasteiger partial charge in [0.1, 0.15) is 5.75 Å². The summed E-state index contributed by atoms with van der Waals surface area (Å²) in [5, 5.41) is 11.3.